The van der Waals surface area contributed by atoms with E-state index in [9.17, 15) is 4.79 Å². The van der Waals surface area contributed by atoms with Gasteiger partial charge in [0.1, 0.15) is 11.3 Å². The minimum absolute atomic E-state index is 0.0105. The number of rotatable bonds is 1. The van der Waals surface area contributed by atoms with Crippen LogP contribution in [0.3, 0.4) is 0 Å². The summed E-state index contributed by atoms with van der Waals surface area (Å²) in [5.74, 6) is 0.656. The lowest BCUT2D eigenvalue weighted by molar-refractivity contribution is 0.561. The molecule has 1 aromatic heterocycles. The molecule has 3 heteroatoms. The molecule has 0 saturated heterocycles. The van der Waals surface area contributed by atoms with Gasteiger partial charge in [-0.3, -0.25) is 4.79 Å². The van der Waals surface area contributed by atoms with Gasteiger partial charge in [0.15, 0.2) is 5.43 Å². The number of halogens is 1. The van der Waals surface area contributed by atoms with Crippen LogP contribution in [-0.2, 0) is 5.33 Å². The maximum absolute atomic E-state index is 11.5. The van der Waals surface area contributed by atoms with Crippen LogP contribution < -0.4 is 5.43 Å². The Balaban J connectivity index is 2.85. The van der Waals surface area contributed by atoms with E-state index in [-0.39, 0.29) is 5.43 Å². The van der Waals surface area contributed by atoms with Crippen molar-refractivity contribution in [1.82, 2.24) is 0 Å². The molecule has 0 radical (unpaired) electrons. The van der Waals surface area contributed by atoms with Crippen molar-refractivity contribution in [3.8, 4) is 0 Å². The number of benzene rings is 1. The quantitative estimate of drug-likeness (QED) is 0.716. The van der Waals surface area contributed by atoms with E-state index in [1.807, 2.05) is 12.1 Å². The summed E-state index contributed by atoms with van der Waals surface area (Å²) in [6.07, 6.45) is 0. The molecule has 0 unspecified atom stereocenters. The summed E-state index contributed by atoms with van der Waals surface area (Å²) in [5.41, 5.74) is 0.653. The predicted molar refractivity (Wildman–Crippen MR) is 55.1 cm³/mol. The zero-order valence-electron chi connectivity index (χ0n) is 6.79. The molecule has 66 valence electrons. The molecule has 0 bridgehead atoms. The third-order valence-corrected chi connectivity index (χ3v) is 2.37. The molecule has 2 rings (SSSR count). The van der Waals surface area contributed by atoms with Crippen LogP contribution in [0.2, 0.25) is 0 Å². The lowest BCUT2D eigenvalue weighted by atomic mass is 10.2. The van der Waals surface area contributed by atoms with Gasteiger partial charge in [-0.15, -0.1) is 0 Å². The molecule has 0 spiro atoms. The van der Waals surface area contributed by atoms with Crippen molar-refractivity contribution in [1.29, 1.82) is 0 Å². The molecule has 0 N–H and O–H groups in total. The molecule has 0 aliphatic rings. The highest BCUT2D eigenvalue weighted by molar-refractivity contribution is 9.08. The van der Waals surface area contributed by atoms with E-state index in [2.05, 4.69) is 15.9 Å². The molecule has 1 aromatic carbocycles. The smallest absolute Gasteiger partial charge is 0.192 e. The first-order valence-electron chi connectivity index (χ1n) is 3.89. The summed E-state index contributed by atoms with van der Waals surface area (Å²) < 4.78 is 5.44. The third kappa shape index (κ3) is 1.52. The fourth-order valence-corrected chi connectivity index (χ4v) is 1.50. The molecule has 2 nitrogen and oxygen atoms in total. The SMILES string of the molecule is O=c1cc(CBr)oc2ccccc12. The molecule has 0 fully saturated rings. The van der Waals surface area contributed by atoms with Gasteiger partial charge in [0.05, 0.1) is 10.7 Å². The van der Waals surface area contributed by atoms with Crippen molar-refractivity contribution in [3.05, 3.63) is 46.3 Å². The van der Waals surface area contributed by atoms with Crippen LogP contribution in [0.4, 0.5) is 0 Å². The number of fused-ring (bicyclic) bond motifs is 1. The normalized spacial score (nSPS) is 10.5. The van der Waals surface area contributed by atoms with Crippen LogP contribution in [0.15, 0.2) is 39.5 Å². The lowest BCUT2D eigenvalue weighted by Crippen LogP contribution is -2.00. The largest absolute Gasteiger partial charge is 0.460 e. The van der Waals surface area contributed by atoms with Crippen LogP contribution in [0.5, 0.6) is 0 Å². The van der Waals surface area contributed by atoms with Gasteiger partial charge >= 0.3 is 0 Å². The maximum atomic E-state index is 11.5. The fraction of sp³-hybridized carbons (Fsp3) is 0.100. The van der Waals surface area contributed by atoms with E-state index in [4.69, 9.17) is 4.42 Å². The summed E-state index contributed by atoms with van der Waals surface area (Å²) in [6.45, 7) is 0. The molecule has 1 heterocycles. The van der Waals surface area contributed by atoms with Crippen LogP contribution in [0.25, 0.3) is 11.0 Å². The van der Waals surface area contributed by atoms with Crippen molar-refractivity contribution in [2.45, 2.75) is 5.33 Å². The Morgan fingerprint density at radius 2 is 2.08 bits per heavy atom. The van der Waals surface area contributed by atoms with E-state index < -0.39 is 0 Å². The Morgan fingerprint density at radius 3 is 2.85 bits per heavy atom. The van der Waals surface area contributed by atoms with Crippen molar-refractivity contribution < 1.29 is 4.42 Å². The monoisotopic (exact) mass is 238 g/mol. The summed E-state index contributed by atoms with van der Waals surface area (Å²) in [7, 11) is 0. The molecule has 13 heavy (non-hydrogen) atoms. The molecule has 0 aliphatic carbocycles. The van der Waals surface area contributed by atoms with Gasteiger partial charge in [-0.2, -0.15) is 0 Å². The fourth-order valence-electron chi connectivity index (χ4n) is 1.22. The summed E-state index contributed by atoms with van der Waals surface area (Å²) in [6, 6.07) is 8.75. The zero-order valence-corrected chi connectivity index (χ0v) is 8.37. The first-order valence-corrected chi connectivity index (χ1v) is 5.01. The van der Waals surface area contributed by atoms with E-state index in [0.29, 0.717) is 22.1 Å². The highest BCUT2D eigenvalue weighted by atomic mass is 79.9. The summed E-state index contributed by atoms with van der Waals surface area (Å²) in [4.78, 5) is 11.5. The van der Waals surface area contributed by atoms with Crippen LogP contribution in [-0.4, -0.2) is 0 Å². The third-order valence-electron chi connectivity index (χ3n) is 1.82. The minimum Gasteiger partial charge on any atom is -0.460 e. The Kier molecular flexibility index (Phi) is 2.19. The number of alkyl halides is 1. The van der Waals surface area contributed by atoms with Gasteiger partial charge in [0, 0.05) is 6.07 Å². The molecular formula is C10H7BrO2. The zero-order chi connectivity index (χ0) is 9.26. The van der Waals surface area contributed by atoms with Crippen molar-refractivity contribution in [2.24, 2.45) is 0 Å². The average Bonchev–Trinajstić information content (AvgIpc) is 2.18. The van der Waals surface area contributed by atoms with Crippen molar-refractivity contribution >= 4 is 26.9 Å². The van der Waals surface area contributed by atoms with Gasteiger partial charge in [-0.25, -0.2) is 0 Å². The van der Waals surface area contributed by atoms with E-state index >= 15 is 0 Å². The molecule has 0 atom stereocenters. The van der Waals surface area contributed by atoms with Gasteiger partial charge in [-0.05, 0) is 12.1 Å². The van der Waals surface area contributed by atoms with Crippen molar-refractivity contribution in [2.75, 3.05) is 0 Å². The Bertz CT molecular complexity index is 487. The van der Waals surface area contributed by atoms with Gasteiger partial charge < -0.3 is 4.42 Å². The van der Waals surface area contributed by atoms with Gasteiger partial charge in [0.2, 0.25) is 0 Å². The first-order chi connectivity index (χ1) is 6.31. The Hall–Kier alpha value is -1.09. The van der Waals surface area contributed by atoms with E-state index in [1.54, 1.807) is 12.1 Å². The standard InChI is InChI=1S/C10H7BrO2/c11-6-7-5-9(12)8-3-1-2-4-10(8)13-7/h1-5H,6H2. The second kappa shape index (κ2) is 3.34. The first kappa shape index (κ1) is 8.51. The number of hydrogen-bond donors (Lipinski definition) is 0. The average molecular weight is 239 g/mol. The molecule has 2 aromatic rings. The second-order valence-electron chi connectivity index (χ2n) is 2.71. The maximum Gasteiger partial charge on any atom is 0.192 e. The van der Waals surface area contributed by atoms with Crippen LogP contribution >= 0.6 is 15.9 Å². The predicted octanol–water partition coefficient (Wildman–Crippen LogP) is 2.69. The molecule has 0 aliphatic heterocycles. The Morgan fingerprint density at radius 1 is 1.31 bits per heavy atom. The van der Waals surface area contributed by atoms with Gasteiger partial charge in [0.25, 0.3) is 0 Å². The second-order valence-corrected chi connectivity index (χ2v) is 3.27. The summed E-state index contributed by atoms with van der Waals surface area (Å²) >= 11 is 3.24. The highest BCUT2D eigenvalue weighted by Gasteiger charge is 2.01. The highest BCUT2D eigenvalue weighted by Crippen LogP contribution is 2.12. The molecule has 0 amide bonds. The Labute approximate surface area is 83.3 Å². The van der Waals surface area contributed by atoms with E-state index in [0.717, 1.165) is 0 Å². The number of para-hydroxylation sites is 1. The van der Waals surface area contributed by atoms with Crippen molar-refractivity contribution in [3.63, 3.8) is 0 Å². The lowest BCUT2D eigenvalue weighted by Gasteiger charge is -1.98. The number of hydrogen-bond acceptors (Lipinski definition) is 2. The van der Waals surface area contributed by atoms with Gasteiger partial charge in [-0.1, -0.05) is 28.1 Å². The van der Waals surface area contributed by atoms with E-state index in [1.165, 1.54) is 6.07 Å². The van der Waals surface area contributed by atoms with Crippen LogP contribution in [0, 0.1) is 0 Å². The molecular weight excluding hydrogens is 232 g/mol. The topological polar surface area (TPSA) is 30.2 Å². The minimum atomic E-state index is 0.0105. The molecule has 0 saturated carbocycles. The summed E-state index contributed by atoms with van der Waals surface area (Å²) in [5, 5.41) is 1.19. The van der Waals surface area contributed by atoms with Crippen LogP contribution in [0.1, 0.15) is 5.76 Å².